The Hall–Kier alpha value is -1.56. The zero-order chi connectivity index (χ0) is 11.0. The summed E-state index contributed by atoms with van der Waals surface area (Å²) in [6.07, 6.45) is 6.22. The molecule has 3 N–H and O–H groups in total. The van der Waals surface area contributed by atoms with Gasteiger partial charge in [-0.2, -0.15) is 5.10 Å². The molecule has 0 aliphatic carbocycles. The molecule has 0 amide bonds. The van der Waals surface area contributed by atoms with Crippen molar-refractivity contribution in [2.24, 2.45) is 0 Å². The Morgan fingerprint density at radius 3 is 2.88 bits per heavy atom. The van der Waals surface area contributed by atoms with Gasteiger partial charge < -0.3 is 10.3 Å². The minimum absolute atomic E-state index is 0. The number of rotatable bonds is 1. The molecule has 0 aromatic carbocycles. The summed E-state index contributed by atoms with van der Waals surface area (Å²) in [4.78, 5) is 0. The standard InChI is InChI=1S/C10H14N6.ClH/c11-7-6-12-14-9(7)10-15-13-8-4-2-1-3-5-16(8)10;/h6H,1-5,11H2,(H,12,14);1H. The SMILES string of the molecule is Cl.Nc1cn[nH]c1-c1nnc2n1CCCCC2. The molecule has 3 rings (SSSR count). The minimum Gasteiger partial charge on any atom is -0.396 e. The number of hydrogen-bond acceptors (Lipinski definition) is 4. The minimum atomic E-state index is 0. The molecule has 7 heteroatoms. The third kappa shape index (κ3) is 2.00. The Morgan fingerprint density at radius 1 is 1.24 bits per heavy atom. The molecule has 0 spiro atoms. The summed E-state index contributed by atoms with van der Waals surface area (Å²) in [6, 6.07) is 0. The van der Waals surface area contributed by atoms with E-state index in [2.05, 4.69) is 25.0 Å². The summed E-state index contributed by atoms with van der Waals surface area (Å²) in [7, 11) is 0. The van der Waals surface area contributed by atoms with Crippen molar-refractivity contribution in [1.82, 2.24) is 25.0 Å². The Balaban J connectivity index is 0.00000108. The average Bonchev–Trinajstić information content (AvgIpc) is 2.78. The number of aryl methyl sites for hydroxylation is 1. The first-order valence-electron chi connectivity index (χ1n) is 5.57. The Morgan fingerprint density at radius 2 is 2.12 bits per heavy atom. The third-order valence-corrected chi connectivity index (χ3v) is 3.00. The Kier molecular flexibility index (Phi) is 3.33. The van der Waals surface area contributed by atoms with Gasteiger partial charge in [-0.1, -0.05) is 6.42 Å². The fourth-order valence-corrected chi connectivity index (χ4v) is 2.14. The van der Waals surface area contributed by atoms with E-state index in [9.17, 15) is 0 Å². The molecule has 0 atom stereocenters. The van der Waals surface area contributed by atoms with Gasteiger partial charge in [0.2, 0.25) is 0 Å². The number of hydrogen-bond donors (Lipinski definition) is 2. The van der Waals surface area contributed by atoms with Gasteiger partial charge in [-0.3, -0.25) is 5.10 Å². The van der Waals surface area contributed by atoms with Crippen molar-refractivity contribution >= 4 is 18.1 Å². The predicted octanol–water partition coefficient (Wildman–Crippen LogP) is 1.40. The highest BCUT2D eigenvalue weighted by Crippen LogP contribution is 2.24. The van der Waals surface area contributed by atoms with Gasteiger partial charge in [0, 0.05) is 13.0 Å². The molecule has 0 bridgehead atoms. The zero-order valence-electron chi connectivity index (χ0n) is 9.39. The fraction of sp³-hybridized carbons (Fsp3) is 0.500. The highest BCUT2D eigenvalue weighted by molar-refractivity contribution is 5.85. The number of anilines is 1. The lowest BCUT2D eigenvalue weighted by Gasteiger charge is -2.05. The van der Waals surface area contributed by atoms with E-state index < -0.39 is 0 Å². The van der Waals surface area contributed by atoms with Gasteiger partial charge in [-0.25, -0.2) is 0 Å². The van der Waals surface area contributed by atoms with Crippen LogP contribution in [0.1, 0.15) is 25.1 Å². The summed E-state index contributed by atoms with van der Waals surface area (Å²) in [5.41, 5.74) is 7.23. The van der Waals surface area contributed by atoms with Gasteiger partial charge in [0.15, 0.2) is 5.82 Å². The number of halogens is 1. The second-order valence-corrected chi connectivity index (χ2v) is 4.10. The maximum Gasteiger partial charge on any atom is 0.184 e. The highest BCUT2D eigenvalue weighted by atomic mass is 35.5. The number of aromatic amines is 1. The number of nitrogen functional groups attached to an aromatic ring is 1. The third-order valence-electron chi connectivity index (χ3n) is 3.00. The van der Waals surface area contributed by atoms with E-state index in [-0.39, 0.29) is 12.4 Å². The fourth-order valence-electron chi connectivity index (χ4n) is 2.14. The van der Waals surface area contributed by atoms with Crippen LogP contribution in [-0.4, -0.2) is 25.0 Å². The molecular weight excluding hydrogens is 240 g/mol. The van der Waals surface area contributed by atoms with Gasteiger partial charge >= 0.3 is 0 Å². The molecule has 3 heterocycles. The van der Waals surface area contributed by atoms with E-state index in [1.165, 1.54) is 19.3 Å². The molecule has 2 aromatic heterocycles. The van der Waals surface area contributed by atoms with Crippen molar-refractivity contribution in [2.45, 2.75) is 32.2 Å². The van der Waals surface area contributed by atoms with E-state index in [0.717, 1.165) is 30.3 Å². The molecule has 17 heavy (non-hydrogen) atoms. The van der Waals surface area contributed by atoms with Crippen LogP contribution >= 0.6 is 12.4 Å². The van der Waals surface area contributed by atoms with Crippen LogP contribution in [0, 0.1) is 0 Å². The number of fused-ring (bicyclic) bond motifs is 1. The van der Waals surface area contributed by atoms with E-state index in [4.69, 9.17) is 5.73 Å². The molecule has 0 unspecified atom stereocenters. The molecule has 2 aromatic rings. The first-order chi connectivity index (χ1) is 7.86. The van der Waals surface area contributed by atoms with Crippen LogP contribution in [0.3, 0.4) is 0 Å². The maximum absolute atomic E-state index is 5.83. The van der Waals surface area contributed by atoms with Crippen molar-refractivity contribution in [3.8, 4) is 11.5 Å². The number of aromatic nitrogens is 5. The van der Waals surface area contributed by atoms with Gasteiger partial charge in [0.25, 0.3) is 0 Å². The van der Waals surface area contributed by atoms with Crippen LogP contribution < -0.4 is 5.73 Å². The van der Waals surface area contributed by atoms with Gasteiger partial charge in [-0.05, 0) is 12.8 Å². The second-order valence-electron chi connectivity index (χ2n) is 4.10. The van der Waals surface area contributed by atoms with Crippen LogP contribution in [0.5, 0.6) is 0 Å². The first-order valence-corrected chi connectivity index (χ1v) is 5.57. The molecule has 92 valence electrons. The molecule has 0 saturated carbocycles. The van der Waals surface area contributed by atoms with Gasteiger partial charge in [0.1, 0.15) is 11.5 Å². The van der Waals surface area contributed by atoms with E-state index >= 15 is 0 Å². The molecular formula is C10H15ClN6. The van der Waals surface area contributed by atoms with Crippen LogP contribution in [0.2, 0.25) is 0 Å². The van der Waals surface area contributed by atoms with Crippen molar-refractivity contribution in [2.75, 3.05) is 5.73 Å². The zero-order valence-corrected chi connectivity index (χ0v) is 10.2. The summed E-state index contributed by atoms with van der Waals surface area (Å²) in [6.45, 7) is 0.968. The smallest absolute Gasteiger partial charge is 0.184 e. The summed E-state index contributed by atoms with van der Waals surface area (Å²) in [5, 5.41) is 15.2. The summed E-state index contributed by atoms with van der Waals surface area (Å²) in [5.74, 6) is 1.87. The quantitative estimate of drug-likeness (QED) is 0.806. The van der Waals surface area contributed by atoms with E-state index in [0.29, 0.717) is 5.69 Å². The lowest BCUT2D eigenvalue weighted by atomic mass is 10.2. The Bertz CT molecular complexity index is 503. The van der Waals surface area contributed by atoms with Crippen LogP contribution in [0.4, 0.5) is 5.69 Å². The maximum atomic E-state index is 5.83. The monoisotopic (exact) mass is 254 g/mol. The number of nitrogens with zero attached hydrogens (tertiary/aromatic N) is 4. The normalized spacial score (nSPS) is 14.8. The van der Waals surface area contributed by atoms with Gasteiger partial charge in [0.05, 0.1) is 11.9 Å². The van der Waals surface area contributed by atoms with E-state index in [1.54, 1.807) is 6.20 Å². The number of nitrogens with one attached hydrogen (secondary N) is 1. The van der Waals surface area contributed by atoms with Gasteiger partial charge in [-0.15, -0.1) is 22.6 Å². The van der Waals surface area contributed by atoms with Crippen molar-refractivity contribution in [1.29, 1.82) is 0 Å². The molecule has 0 saturated heterocycles. The molecule has 0 fully saturated rings. The molecule has 6 nitrogen and oxygen atoms in total. The first kappa shape index (κ1) is 11.9. The highest BCUT2D eigenvalue weighted by Gasteiger charge is 2.18. The molecule has 1 aliphatic heterocycles. The van der Waals surface area contributed by atoms with Crippen LogP contribution in [-0.2, 0) is 13.0 Å². The lowest BCUT2D eigenvalue weighted by Crippen LogP contribution is -2.04. The molecule has 0 radical (unpaired) electrons. The largest absolute Gasteiger partial charge is 0.396 e. The summed E-state index contributed by atoms with van der Waals surface area (Å²) < 4.78 is 2.15. The average molecular weight is 255 g/mol. The topological polar surface area (TPSA) is 85.4 Å². The van der Waals surface area contributed by atoms with E-state index in [1.807, 2.05) is 0 Å². The number of H-pyrrole nitrogens is 1. The lowest BCUT2D eigenvalue weighted by molar-refractivity contribution is 0.636. The predicted molar refractivity (Wildman–Crippen MR) is 66.8 cm³/mol. The summed E-state index contributed by atoms with van der Waals surface area (Å²) >= 11 is 0. The molecule has 1 aliphatic rings. The number of nitrogens with two attached hydrogens (primary N) is 1. The van der Waals surface area contributed by atoms with Crippen molar-refractivity contribution in [3.63, 3.8) is 0 Å². The second kappa shape index (κ2) is 4.75. The van der Waals surface area contributed by atoms with Crippen LogP contribution in [0.15, 0.2) is 6.20 Å². The van der Waals surface area contributed by atoms with Crippen molar-refractivity contribution in [3.05, 3.63) is 12.0 Å². The van der Waals surface area contributed by atoms with Crippen molar-refractivity contribution < 1.29 is 0 Å². The van der Waals surface area contributed by atoms with Crippen LogP contribution in [0.25, 0.3) is 11.5 Å². The Labute approximate surface area is 105 Å².